The van der Waals surface area contributed by atoms with Crippen LogP contribution in [-0.2, 0) is 4.79 Å². The number of ether oxygens (including phenoxy) is 1. The van der Waals surface area contributed by atoms with Gasteiger partial charge in [0.2, 0.25) is 5.91 Å². The van der Waals surface area contributed by atoms with E-state index < -0.39 is 6.04 Å². The minimum Gasteiger partial charge on any atom is -0.495 e. The van der Waals surface area contributed by atoms with Crippen LogP contribution in [0.5, 0.6) is 5.75 Å². The lowest BCUT2D eigenvalue weighted by atomic mass is 10.2. The first-order valence-electron chi connectivity index (χ1n) is 8.01. The van der Waals surface area contributed by atoms with Gasteiger partial charge in [0.1, 0.15) is 11.8 Å². The molecule has 136 valence electrons. The number of amides is 1. The maximum Gasteiger partial charge on any atom is 0.323 e. The number of methoxy groups -OCH3 is 1. The van der Waals surface area contributed by atoms with Gasteiger partial charge in [-0.3, -0.25) is 4.79 Å². The number of aromatic amines is 2. The summed E-state index contributed by atoms with van der Waals surface area (Å²) in [5, 5.41) is 6.52. The average molecular weight is 375 g/mol. The van der Waals surface area contributed by atoms with Crippen molar-refractivity contribution in [1.82, 2.24) is 9.97 Å². The van der Waals surface area contributed by atoms with Crippen molar-refractivity contribution in [2.75, 3.05) is 17.7 Å². The zero-order valence-corrected chi connectivity index (χ0v) is 15.3. The van der Waals surface area contributed by atoms with E-state index in [1.807, 2.05) is 6.92 Å². The van der Waals surface area contributed by atoms with Crippen molar-refractivity contribution in [1.29, 1.82) is 0 Å². The molecule has 2 aromatic carbocycles. The summed E-state index contributed by atoms with van der Waals surface area (Å²) < 4.78 is 5.27. The number of H-pyrrole nitrogens is 2. The number of fused-ring (bicyclic) bond motifs is 1. The number of carbonyl (C=O) groups excluding carboxylic acids is 1. The number of nitrogens with one attached hydrogen (secondary N) is 4. The van der Waals surface area contributed by atoms with Crippen LogP contribution in [0.1, 0.15) is 12.5 Å². The van der Waals surface area contributed by atoms with Gasteiger partial charge in [-0.2, -0.15) is 0 Å². The van der Waals surface area contributed by atoms with Crippen LogP contribution in [-0.4, -0.2) is 29.0 Å². The second-order valence-electron chi connectivity index (χ2n) is 6.00. The van der Waals surface area contributed by atoms with Gasteiger partial charge >= 0.3 is 5.69 Å². The first-order valence-corrected chi connectivity index (χ1v) is 8.39. The Hall–Kier alpha value is -2.93. The highest BCUT2D eigenvalue weighted by atomic mass is 35.5. The van der Waals surface area contributed by atoms with Crippen LogP contribution in [0.3, 0.4) is 0 Å². The predicted octanol–water partition coefficient (Wildman–Crippen LogP) is 3.27. The quantitative estimate of drug-likeness (QED) is 0.550. The molecule has 1 atom stereocenters. The summed E-state index contributed by atoms with van der Waals surface area (Å²) >= 11 is 6.09. The second kappa shape index (κ2) is 7.13. The molecule has 1 unspecified atom stereocenters. The van der Waals surface area contributed by atoms with Crippen molar-refractivity contribution in [3.8, 4) is 5.75 Å². The minimum atomic E-state index is -0.515. The molecule has 0 saturated carbocycles. The van der Waals surface area contributed by atoms with Crippen LogP contribution >= 0.6 is 11.6 Å². The third-order valence-corrected chi connectivity index (χ3v) is 4.44. The maximum absolute atomic E-state index is 12.5. The lowest BCUT2D eigenvalue weighted by molar-refractivity contribution is -0.116. The molecule has 3 aromatic rings. The largest absolute Gasteiger partial charge is 0.495 e. The number of imidazole rings is 1. The van der Waals surface area contributed by atoms with E-state index in [1.54, 1.807) is 37.3 Å². The topological polar surface area (TPSA) is 99.0 Å². The molecule has 0 saturated heterocycles. The minimum absolute atomic E-state index is 0.229. The molecule has 4 N–H and O–H groups in total. The molecule has 1 amide bonds. The van der Waals surface area contributed by atoms with Crippen LogP contribution in [0, 0.1) is 6.92 Å². The van der Waals surface area contributed by atoms with E-state index in [0.717, 1.165) is 11.3 Å². The van der Waals surface area contributed by atoms with Crippen molar-refractivity contribution < 1.29 is 9.53 Å². The molecular formula is C18H19ClN4O3. The highest BCUT2D eigenvalue weighted by Gasteiger charge is 2.16. The van der Waals surface area contributed by atoms with E-state index in [9.17, 15) is 9.59 Å². The van der Waals surface area contributed by atoms with Crippen molar-refractivity contribution in [2.24, 2.45) is 0 Å². The molecule has 0 radical (unpaired) electrons. The molecule has 0 fully saturated rings. The van der Waals surface area contributed by atoms with E-state index >= 15 is 0 Å². The second-order valence-corrected chi connectivity index (χ2v) is 6.40. The molecule has 0 aliphatic rings. The molecule has 3 rings (SSSR count). The molecule has 1 heterocycles. The number of aromatic nitrogens is 2. The molecule has 1 aromatic heterocycles. The lowest BCUT2D eigenvalue weighted by Crippen LogP contribution is -2.32. The standard InChI is InChI=1S/C18H19ClN4O3/c1-9-6-15(16(26-3)8-12(9)19)21-17(24)10(2)20-11-4-5-13-14(7-11)23-18(25)22-13/h4-8,10,20H,1-3H3,(H,21,24)(H2,22,23,25). The van der Waals surface area contributed by atoms with E-state index in [0.29, 0.717) is 27.5 Å². The van der Waals surface area contributed by atoms with Crippen molar-refractivity contribution in [3.05, 3.63) is 51.4 Å². The monoisotopic (exact) mass is 374 g/mol. The Bertz CT molecular complexity index is 1020. The molecule has 0 spiro atoms. The number of anilines is 2. The van der Waals surface area contributed by atoms with Gasteiger partial charge in [-0.1, -0.05) is 11.6 Å². The fraction of sp³-hybridized carbons (Fsp3) is 0.222. The Morgan fingerprint density at radius 1 is 1.19 bits per heavy atom. The number of aryl methyl sites for hydroxylation is 1. The number of benzene rings is 2. The Labute approximate surface area is 154 Å². The number of halogens is 1. The summed E-state index contributed by atoms with van der Waals surface area (Å²) in [6.07, 6.45) is 0. The van der Waals surface area contributed by atoms with Crippen LogP contribution in [0.2, 0.25) is 5.02 Å². The summed E-state index contributed by atoms with van der Waals surface area (Å²) in [5.41, 5.74) is 3.22. The van der Waals surface area contributed by atoms with Gasteiger partial charge in [-0.25, -0.2) is 4.79 Å². The number of hydrogen-bond acceptors (Lipinski definition) is 4. The summed E-state index contributed by atoms with van der Waals surface area (Å²) in [6.45, 7) is 3.60. The summed E-state index contributed by atoms with van der Waals surface area (Å²) in [7, 11) is 1.52. The third-order valence-electron chi connectivity index (χ3n) is 4.03. The van der Waals surface area contributed by atoms with Gasteiger partial charge in [0.15, 0.2) is 0 Å². The summed E-state index contributed by atoms with van der Waals surface area (Å²) in [6, 6.07) is 8.25. The molecule has 8 heteroatoms. The Morgan fingerprint density at radius 3 is 2.65 bits per heavy atom. The van der Waals surface area contributed by atoms with Crippen molar-refractivity contribution >= 4 is 39.9 Å². The van der Waals surface area contributed by atoms with E-state index in [-0.39, 0.29) is 11.6 Å². The van der Waals surface area contributed by atoms with Gasteiger partial charge in [0.25, 0.3) is 0 Å². The smallest absolute Gasteiger partial charge is 0.323 e. The van der Waals surface area contributed by atoms with Crippen LogP contribution in [0.4, 0.5) is 11.4 Å². The van der Waals surface area contributed by atoms with E-state index in [2.05, 4.69) is 20.6 Å². The van der Waals surface area contributed by atoms with E-state index in [4.69, 9.17) is 16.3 Å². The predicted molar refractivity (Wildman–Crippen MR) is 103 cm³/mol. The van der Waals surface area contributed by atoms with Crippen LogP contribution in [0.25, 0.3) is 11.0 Å². The highest BCUT2D eigenvalue weighted by Crippen LogP contribution is 2.31. The SMILES string of the molecule is COc1cc(Cl)c(C)cc1NC(=O)C(C)Nc1ccc2[nH]c(=O)[nH]c2c1. The first kappa shape index (κ1) is 17.9. The summed E-state index contributed by atoms with van der Waals surface area (Å²) in [4.78, 5) is 29.2. The Balaban J connectivity index is 1.75. The maximum atomic E-state index is 12.5. The van der Waals surface area contributed by atoms with Crippen molar-refractivity contribution in [2.45, 2.75) is 19.9 Å². The van der Waals surface area contributed by atoms with E-state index in [1.165, 1.54) is 7.11 Å². The summed E-state index contributed by atoms with van der Waals surface area (Å²) in [5.74, 6) is 0.264. The van der Waals surface area contributed by atoms with Gasteiger partial charge in [0, 0.05) is 16.8 Å². The van der Waals surface area contributed by atoms with Crippen LogP contribution < -0.4 is 21.1 Å². The highest BCUT2D eigenvalue weighted by molar-refractivity contribution is 6.31. The van der Waals surface area contributed by atoms with Crippen LogP contribution in [0.15, 0.2) is 35.1 Å². The molecule has 0 bridgehead atoms. The average Bonchev–Trinajstić information content (AvgIpc) is 2.97. The number of hydrogen-bond donors (Lipinski definition) is 4. The first-order chi connectivity index (χ1) is 12.4. The normalized spacial score (nSPS) is 12.0. The zero-order valence-electron chi connectivity index (χ0n) is 14.6. The van der Waals surface area contributed by atoms with Gasteiger partial charge in [0.05, 0.1) is 23.8 Å². The molecule has 26 heavy (non-hydrogen) atoms. The zero-order chi connectivity index (χ0) is 18.8. The Morgan fingerprint density at radius 2 is 1.92 bits per heavy atom. The Kier molecular flexibility index (Phi) is 4.90. The van der Waals surface area contributed by atoms with Crippen molar-refractivity contribution in [3.63, 3.8) is 0 Å². The fourth-order valence-electron chi connectivity index (χ4n) is 2.61. The fourth-order valence-corrected chi connectivity index (χ4v) is 2.76. The number of carbonyl (C=O) groups is 1. The van der Waals surface area contributed by atoms with Gasteiger partial charge < -0.3 is 25.3 Å². The number of rotatable bonds is 5. The third kappa shape index (κ3) is 3.67. The molecular weight excluding hydrogens is 356 g/mol. The molecule has 7 nitrogen and oxygen atoms in total. The molecule has 0 aliphatic heterocycles. The molecule has 0 aliphatic carbocycles. The lowest BCUT2D eigenvalue weighted by Gasteiger charge is -2.17. The van der Waals surface area contributed by atoms with Gasteiger partial charge in [-0.15, -0.1) is 0 Å². The van der Waals surface area contributed by atoms with Gasteiger partial charge in [-0.05, 0) is 43.7 Å².